The first-order valence-corrected chi connectivity index (χ1v) is 23.7. The van der Waals surface area contributed by atoms with E-state index >= 15 is 0 Å². The second kappa shape index (κ2) is 18.7. The Labute approximate surface area is 402 Å². The summed E-state index contributed by atoms with van der Waals surface area (Å²) in [5, 5.41) is 20.6. The van der Waals surface area contributed by atoms with E-state index in [1.165, 1.54) is 0 Å². The zero-order valence-electron chi connectivity index (χ0n) is 38.9. The van der Waals surface area contributed by atoms with Gasteiger partial charge in [-0.15, -0.1) is 0 Å². The van der Waals surface area contributed by atoms with Crippen molar-refractivity contribution in [3.8, 4) is 22.6 Å². The van der Waals surface area contributed by atoms with Gasteiger partial charge in [-0.25, -0.2) is 44.9 Å². The molecular weight excluding hydrogens is 883 g/mol. The van der Waals surface area contributed by atoms with E-state index in [-0.39, 0.29) is 0 Å². The Morgan fingerprint density at radius 3 is 1.99 bits per heavy atom. The number of nitrogens with zero attached hydrogens (tertiary/aromatic N) is 15. The van der Waals surface area contributed by atoms with Crippen molar-refractivity contribution in [3.05, 3.63) is 97.3 Å². The quantitative estimate of drug-likeness (QED) is 0.101. The number of imidazole rings is 1. The van der Waals surface area contributed by atoms with Crippen LogP contribution in [0.15, 0.2) is 91.6 Å². The van der Waals surface area contributed by atoms with Crippen LogP contribution in [0, 0.1) is 6.92 Å². The van der Waals surface area contributed by atoms with E-state index in [9.17, 15) is 0 Å². The molecule has 21 nitrogen and oxygen atoms in total. The molecule has 12 heterocycles. The first-order valence-electron chi connectivity index (χ1n) is 23.7. The van der Waals surface area contributed by atoms with Gasteiger partial charge in [0, 0.05) is 145 Å². The van der Waals surface area contributed by atoms with E-state index in [1.807, 2.05) is 73.4 Å². The zero-order chi connectivity index (χ0) is 47.0. The van der Waals surface area contributed by atoms with E-state index in [4.69, 9.17) is 39.9 Å². The molecule has 0 spiro atoms. The molecule has 3 fully saturated rings. The van der Waals surface area contributed by atoms with Gasteiger partial charge in [0.15, 0.2) is 17.1 Å². The predicted octanol–water partition coefficient (Wildman–Crippen LogP) is 4.93. The highest BCUT2D eigenvalue weighted by molar-refractivity contribution is 5.85. The molecule has 0 unspecified atom stereocenters. The minimum Gasteiger partial charge on any atom is -0.369 e. The van der Waals surface area contributed by atoms with Crippen molar-refractivity contribution in [2.24, 2.45) is 7.05 Å². The van der Waals surface area contributed by atoms with Crippen LogP contribution in [0.25, 0.3) is 56.0 Å². The maximum Gasteiger partial charge on any atom is 0.230 e. The molecule has 21 heteroatoms. The van der Waals surface area contributed by atoms with Crippen molar-refractivity contribution in [1.29, 1.82) is 0 Å². The Hall–Kier alpha value is -8.27. The van der Waals surface area contributed by atoms with Crippen LogP contribution in [0.3, 0.4) is 0 Å². The number of aryl methyl sites for hydroxylation is 2. The first-order chi connectivity index (χ1) is 34.4. The van der Waals surface area contributed by atoms with Crippen LogP contribution in [0.2, 0.25) is 0 Å². The fraction of sp³-hybridized carbons (Fsp3) is 0.286. The van der Waals surface area contributed by atoms with Gasteiger partial charge in [0.25, 0.3) is 0 Å². The van der Waals surface area contributed by atoms with E-state index < -0.39 is 0 Å². The molecule has 3 aliphatic heterocycles. The smallest absolute Gasteiger partial charge is 0.230 e. The van der Waals surface area contributed by atoms with Crippen LogP contribution in [0.5, 0.6) is 0 Å². The molecule has 0 radical (unpaired) electrons. The zero-order valence-corrected chi connectivity index (χ0v) is 38.9. The topological polar surface area (TPSA) is 229 Å². The van der Waals surface area contributed by atoms with Crippen LogP contribution in [-0.2, 0) is 7.05 Å². The van der Waals surface area contributed by atoms with Gasteiger partial charge in [-0.3, -0.25) is 4.98 Å². The number of pyridine rings is 6. The summed E-state index contributed by atoms with van der Waals surface area (Å²) in [5.41, 5.74) is 10.7. The van der Waals surface area contributed by atoms with Crippen LogP contribution in [0.1, 0.15) is 5.69 Å². The van der Waals surface area contributed by atoms with E-state index in [0.29, 0.717) is 57.4 Å². The van der Waals surface area contributed by atoms with Crippen molar-refractivity contribution >= 4 is 85.5 Å². The molecular formula is C49H51N21. The minimum absolute atomic E-state index is 0.440. The third kappa shape index (κ3) is 8.95. The fourth-order valence-electron chi connectivity index (χ4n) is 9.24. The van der Waals surface area contributed by atoms with Crippen molar-refractivity contribution < 1.29 is 0 Å². The fourth-order valence-corrected chi connectivity index (χ4v) is 9.24. The van der Waals surface area contributed by atoms with E-state index in [0.717, 1.165) is 135 Å². The molecule has 352 valence electrons. The van der Waals surface area contributed by atoms with Crippen LogP contribution in [-0.4, -0.2) is 138 Å². The molecule has 0 aliphatic carbocycles. The Kier molecular flexibility index (Phi) is 11.5. The van der Waals surface area contributed by atoms with Gasteiger partial charge < -0.3 is 51.2 Å². The van der Waals surface area contributed by atoms with Gasteiger partial charge in [0.1, 0.15) is 40.1 Å². The highest BCUT2D eigenvalue weighted by atomic mass is 15.2. The molecule has 6 N–H and O–H groups in total. The predicted molar refractivity (Wildman–Crippen MR) is 274 cm³/mol. The minimum atomic E-state index is 0.440. The second-order valence-electron chi connectivity index (χ2n) is 17.6. The summed E-state index contributed by atoms with van der Waals surface area (Å²) in [6, 6.07) is 20.2. The molecule has 3 saturated heterocycles. The number of anilines is 9. The summed E-state index contributed by atoms with van der Waals surface area (Å²) < 4.78 is 1.99. The molecule has 0 saturated carbocycles. The van der Waals surface area contributed by atoms with Crippen molar-refractivity contribution in [1.82, 2.24) is 75.3 Å². The Morgan fingerprint density at radius 2 is 1.17 bits per heavy atom. The number of rotatable bonds is 11. The number of nitrogens with one attached hydrogen (secondary N) is 6. The van der Waals surface area contributed by atoms with Crippen molar-refractivity contribution in [2.45, 2.75) is 6.92 Å². The molecule has 9 aromatic rings. The van der Waals surface area contributed by atoms with E-state index in [2.05, 4.69) is 79.8 Å². The van der Waals surface area contributed by atoms with Crippen LogP contribution < -0.4 is 46.6 Å². The van der Waals surface area contributed by atoms with Gasteiger partial charge in [0.2, 0.25) is 5.95 Å². The summed E-state index contributed by atoms with van der Waals surface area (Å²) in [6.45, 7) is 12.7. The molecule has 0 bridgehead atoms. The van der Waals surface area contributed by atoms with Gasteiger partial charge >= 0.3 is 0 Å². The lowest BCUT2D eigenvalue weighted by Crippen LogP contribution is -2.43. The number of hydrogen-bond acceptors (Lipinski definition) is 20. The van der Waals surface area contributed by atoms with Crippen molar-refractivity contribution in [3.63, 3.8) is 0 Å². The van der Waals surface area contributed by atoms with E-state index in [1.54, 1.807) is 18.6 Å². The molecule has 9 aromatic heterocycles. The maximum absolute atomic E-state index is 5.08. The summed E-state index contributed by atoms with van der Waals surface area (Å²) in [7, 11) is 1.97. The number of aromatic nitrogens is 12. The normalized spacial score (nSPS) is 15.5. The lowest BCUT2D eigenvalue weighted by Gasteiger charge is -2.31. The summed E-state index contributed by atoms with van der Waals surface area (Å²) in [4.78, 5) is 60.1. The third-order valence-corrected chi connectivity index (χ3v) is 12.8. The molecule has 0 aromatic carbocycles. The summed E-state index contributed by atoms with van der Waals surface area (Å²) >= 11 is 0. The summed E-state index contributed by atoms with van der Waals surface area (Å²) in [6.07, 6.45) is 8.91. The number of piperazine rings is 3. The third-order valence-electron chi connectivity index (χ3n) is 12.8. The number of fused-ring (bicyclic) bond motifs is 3. The summed E-state index contributed by atoms with van der Waals surface area (Å²) in [5.74, 6) is 4.34. The molecule has 12 rings (SSSR count). The lowest BCUT2D eigenvalue weighted by molar-refractivity contribution is 0.589. The number of hydrogen-bond donors (Lipinski definition) is 6. The van der Waals surface area contributed by atoms with Gasteiger partial charge in [-0.2, -0.15) is 4.98 Å². The average molecular weight is 934 g/mol. The monoisotopic (exact) mass is 933 g/mol. The SMILES string of the molecule is Cc1ccc2nc(Nc3cc(N4CCNCC4)cc(-c4cnc5ncc(Nc6cc(N7CCNCC7)c(-c7nc8cnc(Nc9cc(N%10CCNCC%10)ccn9)nc8n7C)cn6)nc5c4)n3)ccc2n1. The van der Waals surface area contributed by atoms with Gasteiger partial charge in [-0.1, -0.05) is 0 Å². The van der Waals surface area contributed by atoms with Gasteiger partial charge in [0.05, 0.1) is 40.4 Å². The highest BCUT2D eigenvalue weighted by Crippen LogP contribution is 2.35. The molecule has 70 heavy (non-hydrogen) atoms. The molecule has 0 atom stereocenters. The van der Waals surface area contributed by atoms with Crippen molar-refractivity contribution in [2.75, 3.05) is 109 Å². The van der Waals surface area contributed by atoms with Crippen LogP contribution in [0.4, 0.5) is 52.1 Å². The largest absolute Gasteiger partial charge is 0.369 e. The van der Waals surface area contributed by atoms with Crippen LogP contribution >= 0.6 is 0 Å². The Balaban J connectivity index is 0.829. The second-order valence-corrected chi connectivity index (χ2v) is 17.6. The molecule has 3 aliphatic rings. The van der Waals surface area contributed by atoms with Gasteiger partial charge in [-0.05, 0) is 49.4 Å². The Bertz CT molecular complexity index is 3380. The maximum atomic E-state index is 5.08. The average Bonchev–Trinajstić information content (AvgIpc) is 3.73. The molecule has 0 amide bonds. The first kappa shape index (κ1) is 43.0. The Morgan fingerprint density at radius 1 is 0.486 bits per heavy atom. The highest BCUT2D eigenvalue weighted by Gasteiger charge is 2.23. The lowest BCUT2D eigenvalue weighted by atomic mass is 10.1. The standard InChI is InChI=1S/C49H51N21/c1-30-3-4-36-35(58-30)5-6-41(59-36)63-44-24-33(69-17-11-51-12-18-69)22-37(60-44)31-21-38-46(55-26-31)56-29-45(61-38)64-43-25-40(70-19-13-52-14-20-70)34(27-54-43)47-62-39-28-57-49(66-48(39)67(47)2)65-42-23-32(7-8-53-42)68-15-9-50-10-16-68/h3-8,21-29,50-52H,9-20H2,1-2H3,(H,54,61,64)(H,59,60,63)(H,53,57,65,66).